The fraction of sp³-hybridized carbons (Fsp3) is 0.562. The first-order valence-corrected chi connectivity index (χ1v) is 7.50. The Labute approximate surface area is 137 Å². The van der Waals surface area contributed by atoms with Crippen molar-refractivity contribution in [2.45, 2.75) is 38.1 Å². The molecule has 0 radical (unpaired) electrons. The number of rotatable bonds is 5. The monoisotopic (exact) mass is 330 g/mol. The molecule has 0 saturated heterocycles. The van der Waals surface area contributed by atoms with Crippen molar-refractivity contribution in [2.24, 2.45) is 11.7 Å². The zero-order valence-corrected chi connectivity index (χ0v) is 13.6. The molecule has 1 saturated carbocycles. The van der Waals surface area contributed by atoms with Crippen LogP contribution < -0.4 is 15.8 Å². The van der Waals surface area contributed by atoms with Crippen LogP contribution in [0.5, 0.6) is 5.75 Å². The molecule has 22 heavy (non-hydrogen) atoms. The van der Waals surface area contributed by atoms with Crippen molar-refractivity contribution in [3.05, 3.63) is 29.6 Å². The number of hydrogen-bond donors (Lipinski definition) is 2. The number of halogens is 2. The van der Waals surface area contributed by atoms with Gasteiger partial charge in [0.1, 0.15) is 11.6 Å². The Hall–Kier alpha value is -1.33. The van der Waals surface area contributed by atoms with Crippen LogP contribution in [0.1, 0.15) is 42.5 Å². The quantitative estimate of drug-likeness (QED) is 0.872. The van der Waals surface area contributed by atoms with Crippen LogP contribution in [0.25, 0.3) is 0 Å². The van der Waals surface area contributed by atoms with Gasteiger partial charge in [0.15, 0.2) is 0 Å². The number of amides is 1. The number of benzene rings is 1. The van der Waals surface area contributed by atoms with Crippen molar-refractivity contribution in [1.82, 2.24) is 5.32 Å². The van der Waals surface area contributed by atoms with Crippen molar-refractivity contribution in [2.75, 3.05) is 13.7 Å². The first-order valence-electron chi connectivity index (χ1n) is 7.50. The van der Waals surface area contributed by atoms with Gasteiger partial charge in [-0.3, -0.25) is 4.79 Å². The summed E-state index contributed by atoms with van der Waals surface area (Å²) in [4.78, 5) is 12.4. The molecule has 0 aliphatic heterocycles. The molecular formula is C16H24ClFN2O2. The van der Waals surface area contributed by atoms with Gasteiger partial charge in [0.25, 0.3) is 5.91 Å². The smallest absolute Gasteiger partial charge is 0.255 e. The number of hydrogen-bond acceptors (Lipinski definition) is 3. The predicted molar refractivity (Wildman–Crippen MR) is 87.1 cm³/mol. The third-order valence-corrected chi connectivity index (χ3v) is 4.20. The molecule has 4 nitrogen and oxygen atoms in total. The van der Waals surface area contributed by atoms with Crippen LogP contribution in [-0.4, -0.2) is 25.6 Å². The van der Waals surface area contributed by atoms with Crippen molar-refractivity contribution in [3.8, 4) is 5.75 Å². The van der Waals surface area contributed by atoms with Gasteiger partial charge in [-0.2, -0.15) is 0 Å². The van der Waals surface area contributed by atoms with Crippen LogP contribution in [0.4, 0.5) is 4.39 Å². The molecule has 0 heterocycles. The van der Waals surface area contributed by atoms with Crippen molar-refractivity contribution in [3.63, 3.8) is 0 Å². The molecule has 1 aromatic carbocycles. The Morgan fingerprint density at radius 1 is 1.41 bits per heavy atom. The van der Waals surface area contributed by atoms with Gasteiger partial charge >= 0.3 is 0 Å². The van der Waals surface area contributed by atoms with Gasteiger partial charge in [0, 0.05) is 12.6 Å². The van der Waals surface area contributed by atoms with Gasteiger partial charge in [-0.15, -0.1) is 12.4 Å². The average Bonchev–Trinajstić information content (AvgIpc) is 2.53. The number of methoxy groups -OCH3 is 1. The van der Waals surface area contributed by atoms with E-state index in [1.165, 1.54) is 44.6 Å². The third-order valence-electron chi connectivity index (χ3n) is 4.20. The molecule has 1 aliphatic carbocycles. The maximum atomic E-state index is 13.4. The second-order valence-electron chi connectivity index (χ2n) is 5.56. The Kier molecular flexibility index (Phi) is 7.62. The SMILES string of the molecule is COc1ccc(F)cc1C(=O)NC(CN)C1CCCCC1.Cl. The summed E-state index contributed by atoms with van der Waals surface area (Å²) in [5.74, 6) is -0.00384. The molecular weight excluding hydrogens is 307 g/mol. The molecule has 0 spiro atoms. The van der Waals surface area contributed by atoms with E-state index in [0.29, 0.717) is 18.2 Å². The molecule has 1 atom stereocenters. The van der Waals surface area contributed by atoms with Crippen LogP contribution in [-0.2, 0) is 0 Å². The van der Waals surface area contributed by atoms with E-state index in [1.807, 2.05) is 0 Å². The number of ether oxygens (including phenoxy) is 1. The summed E-state index contributed by atoms with van der Waals surface area (Å²) in [6, 6.07) is 3.87. The van der Waals surface area contributed by atoms with E-state index in [4.69, 9.17) is 10.5 Å². The average molecular weight is 331 g/mol. The summed E-state index contributed by atoms with van der Waals surface area (Å²) in [6.07, 6.45) is 5.78. The summed E-state index contributed by atoms with van der Waals surface area (Å²) in [5, 5.41) is 2.94. The van der Waals surface area contributed by atoms with E-state index in [-0.39, 0.29) is 29.9 Å². The second-order valence-corrected chi connectivity index (χ2v) is 5.56. The Balaban J connectivity index is 0.00000242. The molecule has 1 amide bonds. The van der Waals surface area contributed by atoms with E-state index in [9.17, 15) is 9.18 Å². The topological polar surface area (TPSA) is 64.3 Å². The molecule has 1 unspecified atom stereocenters. The van der Waals surface area contributed by atoms with Crippen LogP contribution in [0.3, 0.4) is 0 Å². The molecule has 0 bridgehead atoms. The van der Waals surface area contributed by atoms with Crippen molar-refractivity contribution >= 4 is 18.3 Å². The number of nitrogens with two attached hydrogens (primary N) is 1. The van der Waals surface area contributed by atoms with Gasteiger partial charge in [-0.25, -0.2) is 4.39 Å². The van der Waals surface area contributed by atoms with Crippen LogP contribution in [0.2, 0.25) is 0 Å². The van der Waals surface area contributed by atoms with Crippen LogP contribution in [0, 0.1) is 11.7 Å². The molecule has 1 aromatic rings. The Bertz CT molecular complexity index is 493. The molecule has 6 heteroatoms. The van der Waals surface area contributed by atoms with Crippen molar-refractivity contribution in [1.29, 1.82) is 0 Å². The number of nitrogens with one attached hydrogen (secondary N) is 1. The summed E-state index contributed by atoms with van der Waals surface area (Å²) in [5.41, 5.74) is 6.02. The highest BCUT2D eigenvalue weighted by Crippen LogP contribution is 2.27. The van der Waals surface area contributed by atoms with Crippen molar-refractivity contribution < 1.29 is 13.9 Å². The van der Waals surface area contributed by atoms with E-state index in [1.54, 1.807) is 0 Å². The van der Waals surface area contributed by atoms with E-state index >= 15 is 0 Å². The molecule has 2 rings (SSSR count). The van der Waals surface area contributed by atoms with Gasteiger partial charge < -0.3 is 15.8 Å². The second kappa shape index (κ2) is 8.96. The number of carbonyl (C=O) groups is 1. The summed E-state index contributed by atoms with van der Waals surface area (Å²) < 4.78 is 18.5. The predicted octanol–water partition coefficient (Wildman–Crippen LogP) is 2.89. The van der Waals surface area contributed by atoms with Crippen LogP contribution >= 0.6 is 12.4 Å². The molecule has 3 N–H and O–H groups in total. The highest BCUT2D eigenvalue weighted by atomic mass is 35.5. The number of carbonyl (C=O) groups excluding carboxylic acids is 1. The highest BCUT2D eigenvalue weighted by Gasteiger charge is 2.25. The minimum atomic E-state index is -0.456. The maximum absolute atomic E-state index is 13.4. The molecule has 0 aromatic heterocycles. The lowest BCUT2D eigenvalue weighted by molar-refractivity contribution is 0.0912. The Morgan fingerprint density at radius 2 is 2.09 bits per heavy atom. The van der Waals surface area contributed by atoms with Gasteiger partial charge in [0.05, 0.1) is 12.7 Å². The lowest BCUT2D eigenvalue weighted by Crippen LogP contribution is -2.46. The zero-order chi connectivity index (χ0) is 15.2. The van der Waals surface area contributed by atoms with E-state index in [2.05, 4.69) is 5.32 Å². The Morgan fingerprint density at radius 3 is 2.68 bits per heavy atom. The summed E-state index contributed by atoms with van der Waals surface area (Å²) in [6.45, 7) is 0.397. The fourth-order valence-corrected chi connectivity index (χ4v) is 3.01. The lowest BCUT2D eigenvalue weighted by Gasteiger charge is -2.30. The van der Waals surface area contributed by atoms with Crippen LogP contribution in [0.15, 0.2) is 18.2 Å². The summed E-state index contributed by atoms with van der Waals surface area (Å²) >= 11 is 0. The van der Waals surface area contributed by atoms with Gasteiger partial charge in [-0.1, -0.05) is 19.3 Å². The molecule has 1 fully saturated rings. The normalized spacial score (nSPS) is 16.5. The maximum Gasteiger partial charge on any atom is 0.255 e. The first-order chi connectivity index (χ1) is 10.2. The molecule has 1 aliphatic rings. The fourth-order valence-electron chi connectivity index (χ4n) is 3.01. The highest BCUT2D eigenvalue weighted by molar-refractivity contribution is 5.97. The molecule has 124 valence electrons. The summed E-state index contributed by atoms with van der Waals surface area (Å²) in [7, 11) is 1.46. The van der Waals surface area contributed by atoms with E-state index in [0.717, 1.165) is 12.8 Å². The minimum absolute atomic E-state index is 0. The minimum Gasteiger partial charge on any atom is -0.496 e. The lowest BCUT2D eigenvalue weighted by atomic mass is 9.84. The van der Waals surface area contributed by atoms with E-state index < -0.39 is 5.82 Å². The van der Waals surface area contributed by atoms with Gasteiger partial charge in [-0.05, 0) is 37.0 Å². The first kappa shape index (κ1) is 18.7. The zero-order valence-electron chi connectivity index (χ0n) is 12.8. The third kappa shape index (κ3) is 4.58. The van der Waals surface area contributed by atoms with Gasteiger partial charge in [0.2, 0.25) is 0 Å². The largest absolute Gasteiger partial charge is 0.496 e. The standard InChI is InChI=1S/C16H23FN2O2.ClH/c1-21-15-8-7-12(17)9-13(15)16(20)19-14(10-18)11-5-3-2-4-6-11;/h7-9,11,14H,2-6,10,18H2,1H3,(H,19,20);1H.